The summed E-state index contributed by atoms with van der Waals surface area (Å²) < 4.78 is 55.9. The number of amides is 1. The Morgan fingerprint density at radius 3 is 2.36 bits per heavy atom. The number of rotatable bonds is 5. The number of carbonyl (C=O) groups is 1. The standard InChI is InChI=1S/C18H17F4NO2/c1-11(12-3-5-13(6-4-12)18(20,21)22)9-17(24)23-15-8-7-14(19)10-16(15)25-2/h3-8,10-11H,9H2,1-2H3,(H,23,24). The largest absolute Gasteiger partial charge is 0.494 e. The number of carbonyl (C=O) groups excluding carboxylic acids is 1. The molecule has 0 aromatic heterocycles. The van der Waals surface area contributed by atoms with E-state index in [0.717, 1.165) is 18.2 Å². The van der Waals surface area contributed by atoms with E-state index in [1.54, 1.807) is 6.92 Å². The van der Waals surface area contributed by atoms with Gasteiger partial charge >= 0.3 is 6.18 Å². The second kappa shape index (κ2) is 7.55. The molecule has 0 aliphatic carbocycles. The van der Waals surface area contributed by atoms with Crippen LogP contribution in [0.2, 0.25) is 0 Å². The molecular weight excluding hydrogens is 338 g/mol. The Bertz CT molecular complexity index is 742. The van der Waals surface area contributed by atoms with Crippen LogP contribution >= 0.6 is 0 Å². The average Bonchev–Trinajstić information content (AvgIpc) is 2.55. The Kier molecular flexibility index (Phi) is 5.66. The lowest BCUT2D eigenvalue weighted by Gasteiger charge is -2.15. The summed E-state index contributed by atoms with van der Waals surface area (Å²) in [5.41, 5.74) is 0.215. The van der Waals surface area contributed by atoms with Crippen molar-refractivity contribution >= 4 is 11.6 Å². The minimum atomic E-state index is -4.39. The Morgan fingerprint density at radius 2 is 1.80 bits per heavy atom. The van der Waals surface area contributed by atoms with Crippen LogP contribution in [0.1, 0.15) is 30.4 Å². The zero-order valence-electron chi connectivity index (χ0n) is 13.7. The highest BCUT2D eigenvalue weighted by Crippen LogP contribution is 2.31. The molecule has 1 amide bonds. The molecule has 25 heavy (non-hydrogen) atoms. The zero-order chi connectivity index (χ0) is 18.6. The van der Waals surface area contributed by atoms with Crippen molar-refractivity contribution in [1.29, 1.82) is 0 Å². The van der Waals surface area contributed by atoms with Crippen LogP contribution in [0.4, 0.5) is 23.2 Å². The number of hydrogen-bond donors (Lipinski definition) is 1. The summed E-state index contributed by atoms with van der Waals surface area (Å²) in [4.78, 5) is 12.1. The molecule has 2 aromatic carbocycles. The lowest BCUT2D eigenvalue weighted by atomic mass is 9.96. The Hall–Kier alpha value is -2.57. The number of halogens is 4. The molecule has 134 valence electrons. The van der Waals surface area contributed by atoms with Crippen LogP contribution < -0.4 is 10.1 Å². The first kappa shape index (κ1) is 18.8. The van der Waals surface area contributed by atoms with Crippen LogP contribution in [0.25, 0.3) is 0 Å². The van der Waals surface area contributed by atoms with Gasteiger partial charge in [-0.2, -0.15) is 13.2 Å². The van der Waals surface area contributed by atoms with Gasteiger partial charge in [0, 0.05) is 12.5 Å². The molecule has 0 aliphatic heterocycles. The van der Waals surface area contributed by atoms with Crippen LogP contribution in [0.15, 0.2) is 42.5 Å². The van der Waals surface area contributed by atoms with Gasteiger partial charge in [-0.05, 0) is 35.7 Å². The fourth-order valence-corrected chi connectivity index (χ4v) is 2.37. The lowest BCUT2D eigenvalue weighted by molar-refractivity contribution is -0.137. The van der Waals surface area contributed by atoms with Crippen LogP contribution in [0.5, 0.6) is 5.75 Å². The van der Waals surface area contributed by atoms with Gasteiger partial charge in [0.25, 0.3) is 0 Å². The number of hydrogen-bond acceptors (Lipinski definition) is 2. The molecule has 2 rings (SSSR count). The van der Waals surface area contributed by atoms with Crippen LogP contribution in [0.3, 0.4) is 0 Å². The molecule has 0 heterocycles. The van der Waals surface area contributed by atoms with Crippen molar-refractivity contribution in [3.8, 4) is 5.75 Å². The van der Waals surface area contributed by atoms with E-state index in [4.69, 9.17) is 4.74 Å². The number of nitrogens with one attached hydrogen (secondary N) is 1. The lowest BCUT2D eigenvalue weighted by Crippen LogP contribution is -2.15. The maximum absolute atomic E-state index is 13.1. The first-order valence-corrected chi connectivity index (χ1v) is 7.51. The Balaban J connectivity index is 2.03. The Labute approximate surface area is 142 Å². The van der Waals surface area contributed by atoms with Gasteiger partial charge < -0.3 is 10.1 Å². The third-order valence-corrected chi connectivity index (χ3v) is 3.74. The Morgan fingerprint density at radius 1 is 1.16 bits per heavy atom. The van der Waals surface area contributed by atoms with Crippen molar-refractivity contribution in [1.82, 2.24) is 0 Å². The van der Waals surface area contributed by atoms with Gasteiger partial charge in [0.05, 0.1) is 18.4 Å². The summed E-state index contributed by atoms with van der Waals surface area (Å²) in [6.45, 7) is 1.74. The summed E-state index contributed by atoms with van der Waals surface area (Å²) in [6, 6.07) is 8.43. The summed E-state index contributed by atoms with van der Waals surface area (Å²) >= 11 is 0. The first-order valence-electron chi connectivity index (χ1n) is 7.51. The normalized spacial score (nSPS) is 12.6. The minimum Gasteiger partial charge on any atom is -0.494 e. The third kappa shape index (κ3) is 4.95. The van der Waals surface area contributed by atoms with Gasteiger partial charge in [-0.25, -0.2) is 4.39 Å². The van der Waals surface area contributed by atoms with E-state index in [1.165, 1.54) is 31.4 Å². The summed E-state index contributed by atoms with van der Waals surface area (Å²) in [5.74, 6) is -0.936. The van der Waals surface area contributed by atoms with E-state index in [2.05, 4.69) is 5.32 Å². The highest BCUT2D eigenvalue weighted by atomic mass is 19.4. The molecule has 0 spiro atoms. The second-order valence-electron chi connectivity index (χ2n) is 5.62. The molecule has 7 heteroatoms. The van der Waals surface area contributed by atoms with Crippen LogP contribution in [-0.2, 0) is 11.0 Å². The molecule has 3 nitrogen and oxygen atoms in total. The second-order valence-corrected chi connectivity index (χ2v) is 5.62. The first-order chi connectivity index (χ1) is 11.7. The van der Waals surface area contributed by atoms with Gasteiger partial charge in [-0.15, -0.1) is 0 Å². The molecule has 0 fully saturated rings. The number of alkyl halides is 3. The maximum Gasteiger partial charge on any atom is 0.416 e. The topological polar surface area (TPSA) is 38.3 Å². The molecule has 0 radical (unpaired) electrons. The molecule has 0 bridgehead atoms. The van der Waals surface area contributed by atoms with E-state index in [1.807, 2.05) is 0 Å². The smallest absolute Gasteiger partial charge is 0.416 e. The van der Waals surface area contributed by atoms with Crippen molar-refractivity contribution in [2.45, 2.75) is 25.4 Å². The molecule has 2 aromatic rings. The van der Waals surface area contributed by atoms with Crippen molar-refractivity contribution in [3.05, 3.63) is 59.4 Å². The van der Waals surface area contributed by atoms with Gasteiger partial charge in [0.15, 0.2) is 0 Å². The predicted molar refractivity (Wildman–Crippen MR) is 86.1 cm³/mol. The maximum atomic E-state index is 13.1. The average molecular weight is 355 g/mol. The molecule has 1 unspecified atom stereocenters. The number of anilines is 1. The SMILES string of the molecule is COc1cc(F)ccc1NC(=O)CC(C)c1ccc(C(F)(F)F)cc1. The summed E-state index contributed by atoms with van der Waals surface area (Å²) in [5, 5.41) is 2.61. The molecule has 1 atom stereocenters. The summed E-state index contributed by atoms with van der Waals surface area (Å²) in [7, 11) is 1.36. The van der Waals surface area contributed by atoms with Gasteiger partial charge in [-0.1, -0.05) is 19.1 Å². The molecule has 0 saturated carbocycles. The van der Waals surface area contributed by atoms with E-state index >= 15 is 0 Å². The molecule has 0 aliphatic rings. The minimum absolute atomic E-state index is 0.0614. The third-order valence-electron chi connectivity index (χ3n) is 3.74. The van der Waals surface area contributed by atoms with E-state index in [-0.39, 0.29) is 24.0 Å². The van der Waals surface area contributed by atoms with Crippen molar-refractivity contribution in [3.63, 3.8) is 0 Å². The van der Waals surface area contributed by atoms with Crippen LogP contribution in [0, 0.1) is 5.82 Å². The zero-order valence-corrected chi connectivity index (χ0v) is 13.7. The quantitative estimate of drug-likeness (QED) is 0.768. The monoisotopic (exact) mass is 355 g/mol. The van der Waals surface area contributed by atoms with E-state index in [9.17, 15) is 22.4 Å². The molecule has 0 saturated heterocycles. The number of ether oxygens (including phenoxy) is 1. The highest BCUT2D eigenvalue weighted by Gasteiger charge is 2.30. The molecular formula is C18H17F4NO2. The predicted octanol–water partition coefficient (Wildman–Crippen LogP) is 4.99. The highest BCUT2D eigenvalue weighted by molar-refractivity contribution is 5.92. The van der Waals surface area contributed by atoms with Gasteiger partial charge in [-0.3, -0.25) is 4.79 Å². The van der Waals surface area contributed by atoms with Crippen LogP contribution in [-0.4, -0.2) is 13.0 Å². The van der Waals surface area contributed by atoms with Gasteiger partial charge in [0.2, 0.25) is 5.91 Å². The fourth-order valence-electron chi connectivity index (χ4n) is 2.37. The van der Waals surface area contributed by atoms with Crippen molar-refractivity contribution in [2.24, 2.45) is 0 Å². The number of benzene rings is 2. The van der Waals surface area contributed by atoms with Crippen molar-refractivity contribution in [2.75, 3.05) is 12.4 Å². The fraction of sp³-hybridized carbons (Fsp3) is 0.278. The van der Waals surface area contributed by atoms with E-state index in [0.29, 0.717) is 11.3 Å². The van der Waals surface area contributed by atoms with E-state index < -0.39 is 17.6 Å². The summed E-state index contributed by atoms with van der Waals surface area (Å²) in [6.07, 6.45) is -4.33. The van der Waals surface area contributed by atoms with Crippen molar-refractivity contribution < 1.29 is 27.1 Å². The molecule has 1 N–H and O–H groups in total. The number of methoxy groups -OCH3 is 1. The van der Waals surface area contributed by atoms with Gasteiger partial charge in [0.1, 0.15) is 11.6 Å².